The van der Waals surface area contributed by atoms with Gasteiger partial charge in [-0.15, -0.1) is 0 Å². The molecule has 2 aromatic rings. The molecule has 0 aliphatic heterocycles. The third-order valence-corrected chi connectivity index (χ3v) is 3.42. The maximum absolute atomic E-state index is 11.8. The molecule has 1 aliphatic rings. The number of aromatic nitrogens is 3. The number of nitrogens with one attached hydrogen (secondary N) is 2. The first kappa shape index (κ1) is 12.0. The topological polar surface area (TPSA) is 83.8 Å². The van der Waals surface area contributed by atoms with E-state index < -0.39 is 0 Å². The fourth-order valence-corrected chi connectivity index (χ4v) is 2.17. The van der Waals surface area contributed by atoms with Crippen LogP contribution in [0.4, 0.5) is 5.82 Å². The van der Waals surface area contributed by atoms with Crippen molar-refractivity contribution in [3.63, 3.8) is 0 Å². The smallest absolute Gasteiger partial charge is 0.233 e. The van der Waals surface area contributed by atoms with Gasteiger partial charge in [-0.25, -0.2) is 0 Å². The molecule has 0 spiro atoms. The molecule has 1 saturated carbocycles. The molecule has 0 radical (unpaired) electrons. The van der Waals surface area contributed by atoms with Crippen LogP contribution in [0.25, 0.3) is 0 Å². The zero-order valence-corrected chi connectivity index (χ0v) is 10.8. The molecular formula is C13H16N4O2. The van der Waals surface area contributed by atoms with Gasteiger partial charge in [0.1, 0.15) is 5.76 Å². The summed E-state index contributed by atoms with van der Waals surface area (Å²) < 4.78 is 5.00. The Kier molecular flexibility index (Phi) is 3.06. The molecule has 2 N–H and O–H groups in total. The lowest BCUT2D eigenvalue weighted by Crippen LogP contribution is -2.14. The van der Waals surface area contributed by atoms with Crippen LogP contribution in [0.2, 0.25) is 0 Å². The van der Waals surface area contributed by atoms with Crippen molar-refractivity contribution in [2.75, 3.05) is 5.32 Å². The highest BCUT2D eigenvalue weighted by atomic mass is 16.5. The minimum absolute atomic E-state index is 0.150. The summed E-state index contributed by atoms with van der Waals surface area (Å²) in [5, 5.41) is 13.6. The van der Waals surface area contributed by atoms with Gasteiger partial charge in [0.2, 0.25) is 5.91 Å². The monoisotopic (exact) mass is 260 g/mol. The Morgan fingerprint density at radius 3 is 3.00 bits per heavy atom. The van der Waals surface area contributed by atoms with Crippen LogP contribution in [0.1, 0.15) is 42.3 Å². The Balaban J connectivity index is 1.58. The fraction of sp³-hybridized carbons (Fsp3) is 0.462. The molecule has 3 rings (SSSR count). The second-order valence-electron chi connectivity index (χ2n) is 5.00. The van der Waals surface area contributed by atoms with Gasteiger partial charge < -0.3 is 9.84 Å². The second-order valence-corrected chi connectivity index (χ2v) is 5.00. The van der Waals surface area contributed by atoms with Crippen LogP contribution in [0.3, 0.4) is 0 Å². The van der Waals surface area contributed by atoms with E-state index in [0.717, 1.165) is 11.4 Å². The molecule has 1 amide bonds. The lowest BCUT2D eigenvalue weighted by Gasteiger charge is -2.23. The number of H-pyrrole nitrogens is 1. The largest absolute Gasteiger partial charge is 0.361 e. The van der Waals surface area contributed by atoms with Crippen molar-refractivity contribution >= 4 is 11.7 Å². The number of amides is 1. The quantitative estimate of drug-likeness (QED) is 0.882. The molecule has 1 fully saturated rings. The van der Waals surface area contributed by atoms with Crippen LogP contribution in [-0.2, 0) is 11.2 Å². The average Bonchev–Trinajstić information content (AvgIpc) is 2.86. The summed E-state index contributed by atoms with van der Waals surface area (Å²) in [5.41, 5.74) is 1.88. The van der Waals surface area contributed by atoms with Gasteiger partial charge in [-0.05, 0) is 19.8 Å². The molecule has 0 aromatic carbocycles. The number of hydrogen-bond donors (Lipinski definition) is 2. The second kappa shape index (κ2) is 4.87. The van der Waals surface area contributed by atoms with E-state index in [-0.39, 0.29) is 12.3 Å². The number of carbonyl (C=O) groups is 1. The highest BCUT2D eigenvalue weighted by Crippen LogP contribution is 2.35. The van der Waals surface area contributed by atoms with Crippen molar-refractivity contribution in [2.45, 2.75) is 38.5 Å². The predicted octanol–water partition coefficient (Wildman–Crippen LogP) is 2.15. The maximum atomic E-state index is 11.8. The van der Waals surface area contributed by atoms with Crippen molar-refractivity contribution in [3.8, 4) is 0 Å². The van der Waals surface area contributed by atoms with E-state index >= 15 is 0 Å². The van der Waals surface area contributed by atoms with Crippen LogP contribution < -0.4 is 5.32 Å². The first-order chi connectivity index (χ1) is 9.20. The van der Waals surface area contributed by atoms with Gasteiger partial charge >= 0.3 is 0 Å². The molecule has 0 saturated heterocycles. The molecule has 0 bridgehead atoms. The zero-order chi connectivity index (χ0) is 13.2. The van der Waals surface area contributed by atoms with Crippen LogP contribution in [0, 0.1) is 6.92 Å². The van der Waals surface area contributed by atoms with Crippen LogP contribution in [-0.4, -0.2) is 21.3 Å². The standard InChI is InChI=1S/C13H16N4O2/c1-8-5-10(19-17-8)6-13(18)14-12-7-11(15-16-12)9-3-2-4-9/h5,7,9H,2-4,6H2,1H3,(H2,14,15,16,18). The number of carbonyl (C=O) groups excluding carboxylic acids is 1. The molecule has 2 heterocycles. The number of anilines is 1. The summed E-state index contributed by atoms with van der Waals surface area (Å²) in [6.07, 6.45) is 3.85. The van der Waals surface area contributed by atoms with Crippen LogP contribution in [0.5, 0.6) is 0 Å². The van der Waals surface area contributed by atoms with E-state index in [0.29, 0.717) is 17.5 Å². The summed E-state index contributed by atoms with van der Waals surface area (Å²) in [4.78, 5) is 11.8. The van der Waals surface area contributed by atoms with Gasteiger partial charge in [0.15, 0.2) is 5.82 Å². The minimum Gasteiger partial charge on any atom is -0.361 e. The number of hydrogen-bond acceptors (Lipinski definition) is 4. The van der Waals surface area contributed by atoms with Crippen molar-refractivity contribution in [1.82, 2.24) is 15.4 Å². The Morgan fingerprint density at radius 1 is 1.53 bits per heavy atom. The first-order valence-electron chi connectivity index (χ1n) is 6.48. The molecule has 100 valence electrons. The van der Waals surface area contributed by atoms with Crippen molar-refractivity contribution in [3.05, 3.63) is 29.3 Å². The number of rotatable bonds is 4. The van der Waals surface area contributed by atoms with E-state index in [2.05, 4.69) is 20.7 Å². The van der Waals surface area contributed by atoms with Gasteiger partial charge in [0.05, 0.1) is 12.1 Å². The molecule has 2 aromatic heterocycles. The molecule has 19 heavy (non-hydrogen) atoms. The highest BCUT2D eigenvalue weighted by molar-refractivity contribution is 5.91. The predicted molar refractivity (Wildman–Crippen MR) is 68.8 cm³/mol. The maximum Gasteiger partial charge on any atom is 0.233 e. The van der Waals surface area contributed by atoms with Gasteiger partial charge in [-0.3, -0.25) is 9.89 Å². The molecular weight excluding hydrogens is 244 g/mol. The highest BCUT2D eigenvalue weighted by Gasteiger charge is 2.21. The summed E-state index contributed by atoms with van der Waals surface area (Å²) in [7, 11) is 0. The Bertz CT molecular complexity index is 583. The zero-order valence-electron chi connectivity index (χ0n) is 10.8. The van der Waals surface area contributed by atoms with Crippen LogP contribution >= 0.6 is 0 Å². The molecule has 6 heteroatoms. The van der Waals surface area contributed by atoms with E-state index in [9.17, 15) is 4.79 Å². The number of aromatic amines is 1. The van der Waals surface area contributed by atoms with E-state index in [1.165, 1.54) is 19.3 Å². The average molecular weight is 260 g/mol. The number of nitrogens with zero attached hydrogens (tertiary/aromatic N) is 2. The Labute approximate surface area is 110 Å². The minimum atomic E-state index is -0.150. The van der Waals surface area contributed by atoms with Crippen molar-refractivity contribution < 1.29 is 9.32 Å². The summed E-state index contributed by atoms with van der Waals surface area (Å²) >= 11 is 0. The van der Waals surface area contributed by atoms with E-state index in [4.69, 9.17) is 4.52 Å². The van der Waals surface area contributed by atoms with Gasteiger partial charge in [0.25, 0.3) is 0 Å². The van der Waals surface area contributed by atoms with Gasteiger partial charge in [-0.1, -0.05) is 11.6 Å². The molecule has 6 nitrogen and oxygen atoms in total. The third kappa shape index (κ3) is 2.67. The van der Waals surface area contributed by atoms with Crippen LogP contribution in [0.15, 0.2) is 16.7 Å². The first-order valence-corrected chi connectivity index (χ1v) is 6.48. The van der Waals surface area contributed by atoms with E-state index in [1.807, 2.05) is 13.0 Å². The molecule has 0 unspecified atom stereocenters. The third-order valence-electron chi connectivity index (χ3n) is 3.42. The van der Waals surface area contributed by atoms with Crippen molar-refractivity contribution in [2.24, 2.45) is 0 Å². The number of aryl methyl sites for hydroxylation is 1. The lowest BCUT2D eigenvalue weighted by molar-refractivity contribution is -0.115. The molecule has 0 atom stereocenters. The Hall–Kier alpha value is -2.11. The van der Waals surface area contributed by atoms with Gasteiger partial charge in [-0.2, -0.15) is 5.10 Å². The van der Waals surface area contributed by atoms with E-state index in [1.54, 1.807) is 6.07 Å². The SMILES string of the molecule is Cc1cc(CC(=O)Nc2cc(C3CCC3)[nH]n2)on1. The lowest BCUT2D eigenvalue weighted by atomic mass is 9.83. The van der Waals surface area contributed by atoms with Gasteiger partial charge in [0, 0.05) is 23.7 Å². The normalized spacial score (nSPS) is 15.2. The fourth-order valence-electron chi connectivity index (χ4n) is 2.17. The molecule has 1 aliphatic carbocycles. The van der Waals surface area contributed by atoms with Crippen molar-refractivity contribution in [1.29, 1.82) is 0 Å². The Morgan fingerprint density at radius 2 is 2.37 bits per heavy atom. The summed E-state index contributed by atoms with van der Waals surface area (Å²) in [6, 6.07) is 3.66. The summed E-state index contributed by atoms with van der Waals surface area (Å²) in [5.74, 6) is 1.56. The summed E-state index contributed by atoms with van der Waals surface area (Å²) in [6.45, 7) is 1.82.